The largest absolute Gasteiger partial charge is 0.507 e. The molecule has 0 saturated heterocycles. The van der Waals surface area contributed by atoms with Crippen molar-refractivity contribution < 1.29 is 9.90 Å². The maximum atomic E-state index is 11.1. The third kappa shape index (κ3) is 1.37. The molecule has 13 heavy (non-hydrogen) atoms. The number of hydrogen-bond donors (Lipinski definition) is 1. The molecule has 4 heteroatoms. The Morgan fingerprint density at radius 1 is 1.46 bits per heavy atom. The highest BCUT2D eigenvalue weighted by molar-refractivity contribution is 9.10. The van der Waals surface area contributed by atoms with Gasteiger partial charge in [-0.15, -0.1) is 0 Å². The highest BCUT2D eigenvalue weighted by Crippen LogP contribution is 2.07. The highest BCUT2D eigenvalue weighted by Gasteiger charge is 2.15. The fraction of sp³-hybridized carbons (Fsp3) is 0.111. The molecule has 1 aliphatic heterocycles. The molecule has 1 amide bonds. The zero-order valence-corrected chi connectivity index (χ0v) is 8.15. The second-order valence-electron chi connectivity index (χ2n) is 2.73. The van der Waals surface area contributed by atoms with Gasteiger partial charge in [-0.2, -0.15) is 0 Å². The summed E-state index contributed by atoms with van der Waals surface area (Å²) in [5.41, 5.74) is 0. The van der Waals surface area contributed by atoms with E-state index in [1.807, 2.05) is 0 Å². The van der Waals surface area contributed by atoms with Crippen LogP contribution in [0.5, 0.6) is 5.75 Å². The number of halogens is 1. The van der Waals surface area contributed by atoms with Crippen LogP contribution in [0.15, 0.2) is 23.2 Å². The molecule has 66 valence electrons. The van der Waals surface area contributed by atoms with Crippen molar-refractivity contribution in [1.29, 1.82) is 0 Å². The van der Waals surface area contributed by atoms with E-state index in [4.69, 9.17) is 0 Å². The molecule has 0 bridgehead atoms. The number of phenols is 1. The number of hydrogen-bond acceptors (Lipinski definition) is 2. The molecule has 1 N–H and O–H groups in total. The van der Waals surface area contributed by atoms with Gasteiger partial charge in [0.2, 0.25) is 0 Å². The molecular weight excluding hydrogens is 234 g/mol. The zero-order valence-electron chi connectivity index (χ0n) is 6.57. The first-order valence-corrected chi connectivity index (χ1v) is 4.66. The third-order valence-electron chi connectivity index (χ3n) is 1.84. The lowest BCUT2D eigenvalue weighted by molar-refractivity contribution is -0.116. The summed E-state index contributed by atoms with van der Waals surface area (Å²) in [5.74, 6) is -0.0868. The summed E-state index contributed by atoms with van der Waals surface area (Å²) in [6, 6.07) is 4.93. The van der Waals surface area contributed by atoms with Crippen molar-refractivity contribution in [3.63, 3.8) is 0 Å². The van der Waals surface area contributed by atoms with E-state index >= 15 is 0 Å². The molecule has 3 nitrogen and oxygen atoms in total. The van der Waals surface area contributed by atoms with Crippen molar-refractivity contribution in [2.24, 2.45) is 4.99 Å². The maximum absolute atomic E-state index is 11.1. The van der Waals surface area contributed by atoms with E-state index in [-0.39, 0.29) is 11.7 Å². The van der Waals surface area contributed by atoms with Crippen LogP contribution < -0.4 is 10.6 Å². The van der Waals surface area contributed by atoms with Gasteiger partial charge in [-0.05, 0) is 18.2 Å². The molecule has 1 atom stereocenters. The van der Waals surface area contributed by atoms with E-state index in [1.54, 1.807) is 24.3 Å². The van der Waals surface area contributed by atoms with E-state index in [2.05, 4.69) is 20.9 Å². The van der Waals surface area contributed by atoms with Crippen LogP contribution in [-0.4, -0.2) is 15.8 Å². The summed E-state index contributed by atoms with van der Waals surface area (Å²) in [5, 5.41) is 10.6. The number of carbonyl (C=O) groups is 1. The molecule has 1 aliphatic rings. The van der Waals surface area contributed by atoms with Gasteiger partial charge in [0, 0.05) is 5.22 Å². The van der Waals surface area contributed by atoms with Crippen molar-refractivity contribution in [3.05, 3.63) is 28.8 Å². The van der Waals surface area contributed by atoms with Crippen LogP contribution in [-0.2, 0) is 4.79 Å². The number of fused-ring (bicyclic) bond motifs is 1. The van der Waals surface area contributed by atoms with Crippen LogP contribution in [0.25, 0.3) is 6.08 Å². The molecule has 1 heterocycles. The number of amides is 1. The number of alkyl halides is 1. The van der Waals surface area contributed by atoms with E-state index in [9.17, 15) is 9.90 Å². The minimum atomic E-state index is -0.423. The van der Waals surface area contributed by atoms with Gasteiger partial charge in [-0.25, -0.2) is 4.99 Å². The smallest absolute Gasteiger partial charge is 0.263 e. The topological polar surface area (TPSA) is 49.7 Å². The molecule has 1 aromatic carbocycles. The Hall–Kier alpha value is -1.16. The first-order chi connectivity index (χ1) is 6.18. The first-order valence-electron chi connectivity index (χ1n) is 3.75. The van der Waals surface area contributed by atoms with Crippen LogP contribution in [0.4, 0.5) is 0 Å². The van der Waals surface area contributed by atoms with Crippen molar-refractivity contribution in [2.45, 2.75) is 4.83 Å². The van der Waals surface area contributed by atoms with Crippen molar-refractivity contribution >= 4 is 27.9 Å². The van der Waals surface area contributed by atoms with Crippen molar-refractivity contribution in [1.82, 2.24) is 0 Å². The Morgan fingerprint density at radius 3 is 3.00 bits per heavy atom. The summed E-state index contributed by atoms with van der Waals surface area (Å²) in [6.07, 6.45) is 1.65. The summed E-state index contributed by atoms with van der Waals surface area (Å²) < 4.78 is 0. The molecule has 0 saturated carbocycles. The quantitative estimate of drug-likeness (QED) is 0.653. The predicted octanol–water partition coefficient (Wildman–Crippen LogP) is 0.0960. The summed E-state index contributed by atoms with van der Waals surface area (Å²) in [6.45, 7) is 0. The number of benzene rings is 1. The molecule has 0 fully saturated rings. The Kier molecular flexibility index (Phi) is 1.92. The highest BCUT2D eigenvalue weighted by atomic mass is 79.9. The Morgan fingerprint density at radius 2 is 2.23 bits per heavy atom. The molecule has 0 spiro atoms. The van der Waals surface area contributed by atoms with Crippen LogP contribution >= 0.6 is 15.9 Å². The zero-order chi connectivity index (χ0) is 9.42. The van der Waals surface area contributed by atoms with Gasteiger partial charge in [0.05, 0.1) is 5.36 Å². The Labute approximate surface area is 82.5 Å². The molecular formula is C9H6BrNO2. The van der Waals surface area contributed by atoms with Gasteiger partial charge < -0.3 is 5.11 Å². The monoisotopic (exact) mass is 239 g/mol. The van der Waals surface area contributed by atoms with E-state index in [0.29, 0.717) is 10.6 Å². The lowest BCUT2D eigenvalue weighted by Gasteiger charge is -2.04. The van der Waals surface area contributed by atoms with Crippen molar-refractivity contribution in [2.75, 3.05) is 0 Å². The van der Waals surface area contributed by atoms with Crippen LogP contribution in [0.3, 0.4) is 0 Å². The molecule has 1 unspecified atom stereocenters. The molecule has 0 aromatic heterocycles. The predicted molar refractivity (Wildman–Crippen MR) is 51.1 cm³/mol. The second-order valence-corrected chi connectivity index (χ2v) is 3.71. The van der Waals surface area contributed by atoms with E-state index in [1.165, 1.54) is 0 Å². The number of rotatable bonds is 0. The first kappa shape index (κ1) is 8.44. The fourth-order valence-corrected chi connectivity index (χ4v) is 1.57. The number of nitrogens with zero attached hydrogens (tertiary/aromatic N) is 1. The number of carbonyl (C=O) groups excluding carboxylic acids is 1. The second kappa shape index (κ2) is 2.96. The van der Waals surface area contributed by atoms with Gasteiger partial charge in [-0.1, -0.05) is 22.0 Å². The standard InChI is InChI=1S/C9H6BrNO2/c10-6-4-5-7(11-9(6)13)2-1-3-8(5)12/h1-4,6,12H. The van der Waals surface area contributed by atoms with Crippen LogP contribution in [0.1, 0.15) is 0 Å². The van der Waals surface area contributed by atoms with Gasteiger partial charge in [0.15, 0.2) is 0 Å². The van der Waals surface area contributed by atoms with Gasteiger partial charge in [0.25, 0.3) is 5.91 Å². The van der Waals surface area contributed by atoms with Crippen LogP contribution in [0, 0.1) is 0 Å². The van der Waals surface area contributed by atoms with Gasteiger partial charge >= 0.3 is 0 Å². The third-order valence-corrected chi connectivity index (χ3v) is 2.50. The molecule has 1 aromatic rings. The molecule has 0 aliphatic carbocycles. The minimum Gasteiger partial charge on any atom is -0.507 e. The Balaban J connectivity index is 2.84. The fourth-order valence-electron chi connectivity index (χ4n) is 1.21. The van der Waals surface area contributed by atoms with Gasteiger partial charge in [0.1, 0.15) is 10.6 Å². The van der Waals surface area contributed by atoms with E-state index in [0.717, 1.165) is 0 Å². The maximum Gasteiger partial charge on any atom is 0.263 e. The summed E-state index contributed by atoms with van der Waals surface area (Å²) >= 11 is 3.15. The lowest BCUT2D eigenvalue weighted by atomic mass is 10.2. The van der Waals surface area contributed by atoms with E-state index < -0.39 is 4.83 Å². The average Bonchev–Trinajstić information content (AvgIpc) is 2.09. The lowest BCUT2D eigenvalue weighted by Crippen LogP contribution is -2.33. The van der Waals surface area contributed by atoms with Crippen molar-refractivity contribution in [3.8, 4) is 5.75 Å². The van der Waals surface area contributed by atoms with Crippen LogP contribution in [0.2, 0.25) is 0 Å². The Bertz CT molecular complexity index is 481. The summed E-state index contributed by atoms with van der Waals surface area (Å²) in [4.78, 5) is 14.5. The number of aromatic hydroxyl groups is 1. The normalized spacial score (nSPS) is 20.1. The summed E-state index contributed by atoms with van der Waals surface area (Å²) in [7, 11) is 0. The van der Waals surface area contributed by atoms with Gasteiger partial charge in [-0.3, -0.25) is 4.79 Å². The SMILES string of the molecule is O=C1N=c2cccc(O)c2=CC1Br. The minimum absolute atomic E-state index is 0.151. The number of phenolic OH excluding ortho intramolecular Hbond substituents is 1. The molecule has 2 rings (SSSR count). The average molecular weight is 240 g/mol. The molecule has 0 radical (unpaired) electrons.